The lowest BCUT2D eigenvalue weighted by Crippen LogP contribution is -2.37. The fourth-order valence-electron chi connectivity index (χ4n) is 2.12. The van der Waals surface area contributed by atoms with Crippen LogP contribution in [0.15, 0.2) is 12.1 Å². The first-order valence-corrected chi connectivity index (χ1v) is 5.99. The molecule has 0 saturated carbocycles. The lowest BCUT2D eigenvalue weighted by Gasteiger charge is -2.29. The standard InChI is InChI=1S/C12H12N2O7/c15-11(16)7-5-9(13-1-3-21-4-2-13)10(14(19)20)6-8(7)12(17)18/h5-6H,1-4H2,(H,15,16)(H,17,18)/p-2. The molecule has 0 aromatic heterocycles. The molecule has 1 aliphatic heterocycles. The van der Waals surface area contributed by atoms with E-state index < -0.39 is 33.7 Å². The molecule has 1 aliphatic rings. The Hall–Kier alpha value is -2.68. The summed E-state index contributed by atoms with van der Waals surface area (Å²) in [5.41, 5.74) is -1.91. The Bertz CT molecular complexity index is 608. The number of carboxylic acids is 2. The number of aromatic carboxylic acids is 2. The zero-order valence-electron chi connectivity index (χ0n) is 10.7. The number of anilines is 1. The number of morpholine rings is 1. The summed E-state index contributed by atoms with van der Waals surface area (Å²) in [5.74, 6) is -3.55. The molecule has 0 amide bonds. The van der Waals surface area contributed by atoms with Crippen LogP contribution < -0.4 is 15.1 Å². The number of hydrogen-bond acceptors (Lipinski definition) is 8. The molecule has 1 aromatic rings. The fraction of sp³-hybridized carbons (Fsp3) is 0.333. The molecule has 2 rings (SSSR count). The maximum absolute atomic E-state index is 11.1. The van der Waals surface area contributed by atoms with Gasteiger partial charge in [0.15, 0.2) is 0 Å². The van der Waals surface area contributed by atoms with Gasteiger partial charge in [-0.05, 0) is 6.07 Å². The van der Waals surface area contributed by atoms with Crippen molar-refractivity contribution in [1.29, 1.82) is 0 Å². The highest BCUT2D eigenvalue weighted by Gasteiger charge is 2.24. The molecule has 9 heteroatoms. The molecule has 0 aliphatic carbocycles. The number of rotatable bonds is 4. The Morgan fingerprint density at radius 3 is 2.10 bits per heavy atom. The van der Waals surface area contributed by atoms with Gasteiger partial charge in [0.2, 0.25) is 0 Å². The second kappa shape index (κ2) is 5.75. The van der Waals surface area contributed by atoms with Crippen LogP contribution in [0.1, 0.15) is 20.7 Å². The zero-order chi connectivity index (χ0) is 15.6. The van der Waals surface area contributed by atoms with Crippen molar-refractivity contribution in [3.05, 3.63) is 33.4 Å². The Kier molecular flexibility index (Phi) is 4.03. The number of carboxylic acid groups (broad SMARTS) is 2. The first kappa shape index (κ1) is 14.7. The highest BCUT2D eigenvalue weighted by molar-refractivity contribution is 6.02. The average molecular weight is 294 g/mol. The normalized spacial score (nSPS) is 14.8. The summed E-state index contributed by atoms with van der Waals surface area (Å²) in [6.07, 6.45) is 0. The molecule has 0 N–H and O–H groups in total. The predicted molar refractivity (Wildman–Crippen MR) is 64.8 cm³/mol. The van der Waals surface area contributed by atoms with Gasteiger partial charge in [-0.15, -0.1) is 0 Å². The zero-order valence-corrected chi connectivity index (χ0v) is 10.7. The molecule has 1 fully saturated rings. The van der Waals surface area contributed by atoms with Crippen molar-refractivity contribution in [3.8, 4) is 0 Å². The first-order chi connectivity index (χ1) is 9.91. The quantitative estimate of drug-likeness (QED) is 0.466. The van der Waals surface area contributed by atoms with Crippen LogP contribution in [-0.4, -0.2) is 43.2 Å². The minimum Gasteiger partial charge on any atom is -0.545 e. The van der Waals surface area contributed by atoms with E-state index in [9.17, 15) is 29.9 Å². The summed E-state index contributed by atoms with van der Waals surface area (Å²) >= 11 is 0. The SMILES string of the molecule is O=C([O-])c1cc(N2CCOCC2)c([N+](=O)[O-])cc1C(=O)[O-]. The molecule has 0 spiro atoms. The van der Waals surface area contributed by atoms with Crippen LogP contribution in [0.4, 0.5) is 11.4 Å². The summed E-state index contributed by atoms with van der Waals surface area (Å²) < 4.78 is 5.12. The second-order valence-corrected chi connectivity index (χ2v) is 4.32. The summed E-state index contributed by atoms with van der Waals surface area (Å²) in [6, 6.07) is 1.62. The van der Waals surface area contributed by atoms with Crippen LogP contribution in [0, 0.1) is 10.1 Å². The Labute approximate surface area is 118 Å². The van der Waals surface area contributed by atoms with Crippen molar-refractivity contribution >= 4 is 23.3 Å². The Morgan fingerprint density at radius 1 is 1.10 bits per heavy atom. The first-order valence-electron chi connectivity index (χ1n) is 5.99. The number of nitro benzene ring substituents is 1. The van der Waals surface area contributed by atoms with Gasteiger partial charge in [-0.3, -0.25) is 10.1 Å². The molecule has 1 heterocycles. The van der Waals surface area contributed by atoms with Gasteiger partial charge >= 0.3 is 0 Å². The Balaban J connectivity index is 2.61. The molecule has 0 bridgehead atoms. The number of nitrogens with zero attached hydrogens (tertiary/aromatic N) is 2. The molecule has 1 saturated heterocycles. The van der Waals surface area contributed by atoms with Crippen LogP contribution in [0.2, 0.25) is 0 Å². The number of ether oxygens (including phenoxy) is 1. The van der Waals surface area contributed by atoms with E-state index in [4.69, 9.17) is 4.74 Å². The van der Waals surface area contributed by atoms with E-state index in [1.165, 1.54) is 0 Å². The summed E-state index contributed by atoms with van der Waals surface area (Å²) in [5, 5.41) is 33.0. The van der Waals surface area contributed by atoms with Crippen LogP contribution in [0.3, 0.4) is 0 Å². The minimum atomic E-state index is -1.81. The van der Waals surface area contributed by atoms with E-state index in [0.717, 1.165) is 6.07 Å². The molecule has 112 valence electrons. The maximum Gasteiger partial charge on any atom is 0.293 e. The van der Waals surface area contributed by atoms with Crippen LogP contribution in [0.5, 0.6) is 0 Å². The van der Waals surface area contributed by atoms with Crippen molar-refractivity contribution in [3.63, 3.8) is 0 Å². The molecule has 0 radical (unpaired) electrons. The van der Waals surface area contributed by atoms with Crippen LogP contribution in [-0.2, 0) is 4.74 Å². The van der Waals surface area contributed by atoms with E-state index in [1.807, 2.05) is 0 Å². The molecular weight excluding hydrogens is 284 g/mol. The van der Waals surface area contributed by atoms with E-state index in [2.05, 4.69) is 0 Å². The summed E-state index contributed by atoms with van der Waals surface area (Å²) in [7, 11) is 0. The third-order valence-electron chi connectivity index (χ3n) is 3.10. The van der Waals surface area contributed by atoms with Crippen LogP contribution >= 0.6 is 0 Å². The largest absolute Gasteiger partial charge is 0.545 e. The van der Waals surface area contributed by atoms with Gasteiger partial charge in [0.05, 0.1) is 30.1 Å². The lowest BCUT2D eigenvalue weighted by atomic mass is 10.0. The van der Waals surface area contributed by atoms with Gasteiger partial charge < -0.3 is 29.4 Å². The van der Waals surface area contributed by atoms with Gasteiger partial charge in [0.25, 0.3) is 5.69 Å². The number of carbonyl (C=O) groups is 2. The molecule has 9 nitrogen and oxygen atoms in total. The van der Waals surface area contributed by atoms with Gasteiger partial charge in [-0.1, -0.05) is 0 Å². The highest BCUT2D eigenvalue weighted by atomic mass is 16.6. The topological polar surface area (TPSA) is 136 Å². The molecule has 21 heavy (non-hydrogen) atoms. The van der Waals surface area contributed by atoms with Crippen molar-refractivity contribution in [2.45, 2.75) is 0 Å². The van der Waals surface area contributed by atoms with E-state index >= 15 is 0 Å². The molecular formula is C12H10N2O7-2. The number of carbonyl (C=O) groups excluding carboxylic acids is 2. The van der Waals surface area contributed by atoms with Gasteiger partial charge in [0, 0.05) is 30.3 Å². The number of hydrogen-bond donors (Lipinski definition) is 0. The van der Waals surface area contributed by atoms with Gasteiger partial charge in [-0.25, -0.2) is 0 Å². The third-order valence-corrected chi connectivity index (χ3v) is 3.10. The molecule has 1 aromatic carbocycles. The van der Waals surface area contributed by atoms with Crippen molar-refractivity contribution in [2.75, 3.05) is 31.2 Å². The predicted octanol–water partition coefficient (Wildman–Crippen LogP) is -1.84. The molecule has 0 unspecified atom stereocenters. The highest BCUT2D eigenvalue weighted by Crippen LogP contribution is 2.32. The van der Waals surface area contributed by atoms with Gasteiger partial charge in [-0.2, -0.15) is 0 Å². The van der Waals surface area contributed by atoms with Crippen molar-refractivity contribution < 1.29 is 29.5 Å². The fourth-order valence-corrected chi connectivity index (χ4v) is 2.12. The number of benzene rings is 1. The van der Waals surface area contributed by atoms with Gasteiger partial charge in [0.1, 0.15) is 5.69 Å². The van der Waals surface area contributed by atoms with E-state index in [1.54, 1.807) is 4.90 Å². The smallest absolute Gasteiger partial charge is 0.293 e. The van der Waals surface area contributed by atoms with Crippen molar-refractivity contribution in [1.82, 2.24) is 0 Å². The molecule has 0 atom stereocenters. The lowest BCUT2D eigenvalue weighted by molar-refractivity contribution is -0.384. The minimum absolute atomic E-state index is 0.0208. The number of nitro groups is 1. The summed E-state index contributed by atoms with van der Waals surface area (Å²) in [6.45, 7) is 1.33. The van der Waals surface area contributed by atoms with Crippen LogP contribution in [0.25, 0.3) is 0 Å². The van der Waals surface area contributed by atoms with Crippen molar-refractivity contribution in [2.24, 2.45) is 0 Å². The summed E-state index contributed by atoms with van der Waals surface area (Å²) in [4.78, 5) is 33.8. The van der Waals surface area contributed by atoms with E-state index in [-0.39, 0.29) is 5.69 Å². The van der Waals surface area contributed by atoms with E-state index in [0.29, 0.717) is 32.4 Å². The third kappa shape index (κ3) is 2.92. The average Bonchev–Trinajstić information content (AvgIpc) is 2.46. The second-order valence-electron chi connectivity index (χ2n) is 4.32. The maximum atomic E-state index is 11.1. The monoisotopic (exact) mass is 294 g/mol. The Morgan fingerprint density at radius 2 is 1.62 bits per heavy atom.